The van der Waals surface area contributed by atoms with E-state index >= 15 is 0 Å². The fraction of sp³-hybridized carbons (Fsp3) is 0.444. The van der Waals surface area contributed by atoms with Crippen molar-refractivity contribution >= 4 is 34.9 Å². The molecular weight excluding hydrogens is 338 g/mol. The molecule has 7 heteroatoms. The van der Waals surface area contributed by atoms with Crippen molar-refractivity contribution in [1.29, 1.82) is 0 Å². The van der Waals surface area contributed by atoms with Crippen LogP contribution in [0, 0.1) is 12.8 Å². The van der Waals surface area contributed by atoms with Crippen molar-refractivity contribution < 1.29 is 14.4 Å². The summed E-state index contributed by atoms with van der Waals surface area (Å²) in [5.74, 6) is 0.0344. The fourth-order valence-electron chi connectivity index (χ4n) is 2.91. The molecule has 0 spiro atoms. The van der Waals surface area contributed by atoms with Crippen LogP contribution in [0.15, 0.2) is 23.1 Å². The smallest absolute Gasteiger partial charge is 0.294 e. The molecule has 0 saturated carbocycles. The molecule has 0 unspecified atom stereocenters. The van der Waals surface area contributed by atoms with E-state index in [4.69, 9.17) is 0 Å². The summed E-state index contributed by atoms with van der Waals surface area (Å²) in [4.78, 5) is 44.5. The largest absolute Gasteiger partial charge is 0.341 e. The molecule has 2 aliphatic heterocycles. The fourth-order valence-corrected chi connectivity index (χ4v) is 3.73. The van der Waals surface area contributed by atoms with Crippen LogP contribution in [-0.2, 0) is 9.59 Å². The van der Waals surface area contributed by atoms with Crippen molar-refractivity contribution in [3.05, 3.63) is 34.5 Å². The van der Waals surface area contributed by atoms with Crippen LogP contribution in [0.4, 0.5) is 4.79 Å². The molecule has 0 bridgehead atoms. The van der Waals surface area contributed by atoms with Crippen molar-refractivity contribution in [1.82, 2.24) is 14.8 Å². The summed E-state index contributed by atoms with van der Waals surface area (Å²) >= 11 is 0.859. The summed E-state index contributed by atoms with van der Waals surface area (Å²) < 4.78 is 0. The van der Waals surface area contributed by atoms with Gasteiger partial charge in [0.25, 0.3) is 11.1 Å². The summed E-state index contributed by atoms with van der Waals surface area (Å²) in [6.07, 6.45) is 3.53. The quantitative estimate of drug-likeness (QED) is 0.776. The molecule has 0 atom stereocenters. The molecule has 2 fully saturated rings. The van der Waals surface area contributed by atoms with E-state index in [0.29, 0.717) is 29.6 Å². The predicted octanol–water partition coefficient (Wildman–Crippen LogP) is 2.68. The summed E-state index contributed by atoms with van der Waals surface area (Å²) in [6.45, 7) is 5.24. The Morgan fingerprint density at radius 2 is 2.04 bits per heavy atom. The van der Waals surface area contributed by atoms with Gasteiger partial charge in [0.05, 0.1) is 10.6 Å². The standard InChI is InChI=1S/C18H21N3O3S/c1-12-6-8-20(9-7-12)16(22)11-21-17(23)15(25-18(21)24)10-14-5-3-4-13(2)19-14/h3-5,10,12H,6-9,11H2,1-2H3/b15-10+. The first-order valence-electron chi connectivity index (χ1n) is 8.41. The van der Waals surface area contributed by atoms with Crippen molar-refractivity contribution in [3.8, 4) is 0 Å². The van der Waals surface area contributed by atoms with Crippen LogP contribution in [0.2, 0.25) is 0 Å². The molecule has 1 aromatic heterocycles. The molecule has 132 valence electrons. The number of nitrogens with zero attached hydrogens (tertiary/aromatic N) is 3. The first-order valence-corrected chi connectivity index (χ1v) is 9.22. The zero-order valence-electron chi connectivity index (χ0n) is 14.4. The van der Waals surface area contributed by atoms with E-state index in [-0.39, 0.29) is 12.5 Å². The maximum Gasteiger partial charge on any atom is 0.294 e. The van der Waals surface area contributed by atoms with Crippen LogP contribution in [-0.4, -0.2) is 51.5 Å². The van der Waals surface area contributed by atoms with Gasteiger partial charge in [-0.15, -0.1) is 0 Å². The summed E-state index contributed by atoms with van der Waals surface area (Å²) in [6, 6.07) is 5.49. The Labute approximate surface area is 151 Å². The van der Waals surface area contributed by atoms with Gasteiger partial charge in [-0.05, 0) is 55.7 Å². The van der Waals surface area contributed by atoms with E-state index in [1.807, 2.05) is 19.1 Å². The lowest BCUT2D eigenvalue weighted by Crippen LogP contribution is -2.45. The second-order valence-electron chi connectivity index (χ2n) is 6.53. The number of aromatic nitrogens is 1. The molecule has 2 aliphatic rings. The van der Waals surface area contributed by atoms with Gasteiger partial charge in [0, 0.05) is 18.8 Å². The van der Waals surface area contributed by atoms with Crippen LogP contribution in [0.3, 0.4) is 0 Å². The number of carbonyl (C=O) groups excluding carboxylic acids is 3. The highest BCUT2D eigenvalue weighted by Crippen LogP contribution is 2.32. The average molecular weight is 359 g/mol. The van der Waals surface area contributed by atoms with E-state index in [9.17, 15) is 14.4 Å². The predicted molar refractivity (Wildman–Crippen MR) is 96.6 cm³/mol. The van der Waals surface area contributed by atoms with Gasteiger partial charge in [0.1, 0.15) is 6.54 Å². The number of carbonyl (C=O) groups is 3. The minimum atomic E-state index is -0.419. The summed E-state index contributed by atoms with van der Waals surface area (Å²) in [5, 5.41) is -0.400. The highest BCUT2D eigenvalue weighted by Gasteiger charge is 2.37. The number of hydrogen-bond donors (Lipinski definition) is 0. The van der Waals surface area contributed by atoms with Gasteiger partial charge in [-0.2, -0.15) is 0 Å². The lowest BCUT2D eigenvalue weighted by Gasteiger charge is -2.31. The third-order valence-corrected chi connectivity index (χ3v) is 5.40. The molecule has 2 saturated heterocycles. The Balaban J connectivity index is 1.68. The van der Waals surface area contributed by atoms with E-state index in [0.717, 1.165) is 35.2 Å². The Bertz CT molecular complexity index is 739. The van der Waals surface area contributed by atoms with Gasteiger partial charge in [0.15, 0.2) is 0 Å². The zero-order valence-corrected chi connectivity index (χ0v) is 15.2. The third kappa shape index (κ3) is 4.10. The van der Waals surface area contributed by atoms with Crippen molar-refractivity contribution in [2.75, 3.05) is 19.6 Å². The van der Waals surface area contributed by atoms with Crippen LogP contribution in [0.1, 0.15) is 31.2 Å². The maximum absolute atomic E-state index is 12.5. The van der Waals surface area contributed by atoms with Gasteiger partial charge in [0.2, 0.25) is 5.91 Å². The first-order chi connectivity index (χ1) is 11.9. The number of rotatable bonds is 3. The first kappa shape index (κ1) is 17.7. The van der Waals surface area contributed by atoms with Crippen LogP contribution in [0.5, 0.6) is 0 Å². The van der Waals surface area contributed by atoms with E-state index in [1.54, 1.807) is 17.0 Å². The number of pyridine rings is 1. The van der Waals surface area contributed by atoms with Gasteiger partial charge in [-0.3, -0.25) is 24.3 Å². The Kier molecular flexibility index (Phi) is 5.22. The van der Waals surface area contributed by atoms with Gasteiger partial charge < -0.3 is 4.90 Å². The van der Waals surface area contributed by atoms with Gasteiger partial charge in [-0.25, -0.2) is 0 Å². The van der Waals surface area contributed by atoms with Crippen LogP contribution in [0.25, 0.3) is 6.08 Å². The summed E-state index contributed by atoms with van der Waals surface area (Å²) in [5.41, 5.74) is 1.46. The lowest BCUT2D eigenvalue weighted by atomic mass is 9.99. The van der Waals surface area contributed by atoms with Crippen molar-refractivity contribution in [2.45, 2.75) is 26.7 Å². The summed E-state index contributed by atoms with van der Waals surface area (Å²) in [7, 11) is 0. The topological polar surface area (TPSA) is 70.6 Å². The number of aryl methyl sites for hydroxylation is 1. The molecule has 6 nitrogen and oxygen atoms in total. The van der Waals surface area contributed by atoms with Crippen LogP contribution >= 0.6 is 11.8 Å². The Morgan fingerprint density at radius 1 is 1.32 bits per heavy atom. The van der Waals surface area contributed by atoms with E-state index < -0.39 is 11.1 Å². The van der Waals surface area contributed by atoms with Crippen molar-refractivity contribution in [3.63, 3.8) is 0 Å². The minimum absolute atomic E-state index is 0.163. The van der Waals surface area contributed by atoms with Gasteiger partial charge >= 0.3 is 0 Å². The Hall–Kier alpha value is -2.15. The van der Waals surface area contributed by atoms with E-state index in [2.05, 4.69) is 11.9 Å². The normalized spacial score (nSPS) is 20.6. The molecule has 0 N–H and O–H groups in total. The number of thioether (sulfide) groups is 1. The SMILES string of the molecule is Cc1cccc(/C=C2/SC(=O)N(CC(=O)N3CCC(C)CC3)C2=O)n1. The molecule has 0 radical (unpaired) electrons. The highest BCUT2D eigenvalue weighted by molar-refractivity contribution is 8.18. The zero-order chi connectivity index (χ0) is 18.0. The molecular formula is C18H21N3O3S. The molecule has 1 aromatic rings. The van der Waals surface area contributed by atoms with Crippen LogP contribution < -0.4 is 0 Å². The highest BCUT2D eigenvalue weighted by atomic mass is 32.2. The Morgan fingerprint density at radius 3 is 2.72 bits per heavy atom. The number of likely N-dealkylation sites (tertiary alicyclic amines) is 1. The monoisotopic (exact) mass is 359 g/mol. The lowest BCUT2D eigenvalue weighted by molar-refractivity contribution is -0.136. The second-order valence-corrected chi connectivity index (χ2v) is 7.53. The van der Waals surface area contributed by atoms with Gasteiger partial charge in [-0.1, -0.05) is 13.0 Å². The second kappa shape index (κ2) is 7.39. The molecule has 0 aliphatic carbocycles. The molecule has 25 heavy (non-hydrogen) atoms. The van der Waals surface area contributed by atoms with E-state index in [1.165, 1.54) is 0 Å². The number of amides is 3. The number of imide groups is 1. The average Bonchev–Trinajstić information content (AvgIpc) is 2.83. The number of piperidine rings is 1. The molecule has 3 heterocycles. The molecule has 3 amide bonds. The van der Waals surface area contributed by atoms with Crippen molar-refractivity contribution in [2.24, 2.45) is 5.92 Å². The molecule has 3 rings (SSSR count). The molecule has 0 aromatic carbocycles. The third-order valence-electron chi connectivity index (χ3n) is 4.49. The number of hydrogen-bond acceptors (Lipinski definition) is 5. The minimum Gasteiger partial charge on any atom is -0.341 e. The maximum atomic E-state index is 12.5.